The fourth-order valence-corrected chi connectivity index (χ4v) is 4.04. The lowest BCUT2D eigenvalue weighted by atomic mass is 9.77. The van der Waals surface area contributed by atoms with Crippen molar-refractivity contribution in [1.82, 2.24) is 0 Å². The van der Waals surface area contributed by atoms with Gasteiger partial charge in [0.15, 0.2) is 0 Å². The van der Waals surface area contributed by atoms with Crippen molar-refractivity contribution in [2.45, 2.75) is 58.4 Å². The molecule has 1 aliphatic heterocycles. The lowest BCUT2D eigenvalue weighted by molar-refractivity contribution is 0.182. The molecule has 0 saturated carbocycles. The van der Waals surface area contributed by atoms with Crippen LogP contribution in [0.5, 0.6) is 5.75 Å². The molecule has 3 rings (SSSR count). The van der Waals surface area contributed by atoms with E-state index >= 15 is 0 Å². The van der Waals surface area contributed by atoms with Gasteiger partial charge in [-0.15, -0.1) is 0 Å². The van der Waals surface area contributed by atoms with Crippen LogP contribution in [0.25, 0.3) is 16.8 Å². The van der Waals surface area contributed by atoms with Crippen molar-refractivity contribution < 1.29 is 14.8 Å². The summed E-state index contributed by atoms with van der Waals surface area (Å²) >= 11 is 0. The Labute approximate surface area is 174 Å². The summed E-state index contributed by atoms with van der Waals surface area (Å²) in [6.45, 7) is 8.55. The third-order valence-electron chi connectivity index (χ3n) is 5.64. The van der Waals surface area contributed by atoms with Gasteiger partial charge in [0.2, 0.25) is 0 Å². The van der Waals surface area contributed by atoms with E-state index in [9.17, 15) is 10.1 Å². The van der Waals surface area contributed by atoms with Gasteiger partial charge >= 0.3 is 7.12 Å². The van der Waals surface area contributed by atoms with Gasteiger partial charge in [-0.2, -0.15) is 0 Å². The highest BCUT2D eigenvalue weighted by Crippen LogP contribution is 2.32. The Morgan fingerprint density at radius 2 is 1.93 bits per heavy atom. The Hall–Kier alpha value is -2.30. The second-order valence-corrected chi connectivity index (χ2v) is 7.74. The minimum atomic E-state index is -0.728. The van der Waals surface area contributed by atoms with Crippen LogP contribution in [-0.2, 0) is 4.65 Å². The van der Waals surface area contributed by atoms with Gasteiger partial charge in [0.05, 0.1) is 6.10 Å². The Bertz CT molecular complexity index is 929. The summed E-state index contributed by atoms with van der Waals surface area (Å²) in [6.07, 6.45) is 9.41. The molecular formula is C25H31BO3. The molecule has 3 nitrogen and oxygen atoms in total. The van der Waals surface area contributed by atoms with E-state index in [2.05, 4.69) is 32.6 Å². The molecule has 1 atom stereocenters. The number of rotatable bonds is 8. The summed E-state index contributed by atoms with van der Waals surface area (Å²) in [4.78, 5) is 0. The standard InChI is InChI=1S/C25H31BO3/c1-4-8-18(3)21-15-16-26(28)29-25(21)14-11-19(5-2)17-20-12-13-24(27)23-10-7-6-9-22(20)23/h6-7,9-10,12-13,15,17,25,27-28H,3-5,8,11,14,16H2,1-2H3/b19-17+. The van der Waals surface area contributed by atoms with Crippen LogP contribution < -0.4 is 0 Å². The molecule has 4 heteroatoms. The van der Waals surface area contributed by atoms with Crippen molar-refractivity contribution in [3.63, 3.8) is 0 Å². The Morgan fingerprint density at radius 1 is 1.17 bits per heavy atom. The molecule has 29 heavy (non-hydrogen) atoms. The third kappa shape index (κ3) is 5.20. The van der Waals surface area contributed by atoms with Crippen molar-refractivity contribution in [3.05, 3.63) is 71.3 Å². The van der Waals surface area contributed by atoms with E-state index < -0.39 is 7.12 Å². The quantitative estimate of drug-likeness (QED) is 0.522. The van der Waals surface area contributed by atoms with Gasteiger partial charge in [0.25, 0.3) is 0 Å². The highest BCUT2D eigenvalue weighted by atomic mass is 16.5. The van der Waals surface area contributed by atoms with Gasteiger partial charge in [0, 0.05) is 11.7 Å². The summed E-state index contributed by atoms with van der Waals surface area (Å²) in [7, 11) is -0.728. The lowest BCUT2D eigenvalue weighted by Crippen LogP contribution is -2.31. The molecule has 0 spiro atoms. The van der Waals surface area contributed by atoms with Gasteiger partial charge in [0.1, 0.15) is 5.75 Å². The van der Waals surface area contributed by atoms with Crippen LogP contribution in [0, 0.1) is 0 Å². The maximum absolute atomic E-state index is 10.1. The van der Waals surface area contributed by atoms with Gasteiger partial charge in [-0.3, -0.25) is 0 Å². The monoisotopic (exact) mass is 390 g/mol. The molecule has 1 aliphatic rings. The van der Waals surface area contributed by atoms with Crippen LogP contribution in [-0.4, -0.2) is 23.4 Å². The van der Waals surface area contributed by atoms with Gasteiger partial charge in [-0.1, -0.05) is 74.9 Å². The number of allylic oxidation sites excluding steroid dienone is 2. The van der Waals surface area contributed by atoms with Crippen LogP contribution in [0.2, 0.25) is 6.32 Å². The van der Waals surface area contributed by atoms with Crippen LogP contribution in [0.15, 0.2) is 65.8 Å². The van der Waals surface area contributed by atoms with Crippen molar-refractivity contribution in [1.29, 1.82) is 0 Å². The van der Waals surface area contributed by atoms with E-state index in [1.807, 2.05) is 30.3 Å². The molecule has 2 aromatic carbocycles. The molecule has 0 radical (unpaired) electrons. The van der Waals surface area contributed by atoms with E-state index in [4.69, 9.17) is 4.65 Å². The number of aromatic hydroxyl groups is 1. The molecule has 0 aliphatic carbocycles. The number of benzene rings is 2. The zero-order valence-corrected chi connectivity index (χ0v) is 17.5. The second-order valence-electron chi connectivity index (χ2n) is 7.74. The van der Waals surface area contributed by atoms with Crippen molar-refractivity contribution >= 4 is 24.0 Å². The molecule has 0 saturated heterocycles. The SMILES string of the molecule is C=C(CCC)C1=CCB(O)OC1CC/C(=C/c1ccc(O)c2ccccc12)CC. The molecule has 2 N–H and O–H groups in total. The summed E-state index contributed by atoms with van der Waals surface area (Å²) in [5.74, 6) is 0.310. The average molecular weight is 390 g/mol. The number of fused-ring (bicyclic) bond motifs is 1. The molecule has 0 aromatic heterocycles. The number of phenolic OH excluding ortho intramolecular Hbond substituents is 1. The average Bonchev–Trinajstić information content (AvgIpc) is 2.73. The van der Waals surface area contributed by atoms with E-state index in [0.717, 1.165) is 59.6 Å². The summed E-state index contributed by atoms with van der Waals surface area (Å²) < 4.78 is 5.86. The number of hydrogen-bond acceptors (Lipinski definition) is 3. The third-order valence-corrected chi connectivity index (χ3v) is 5.64. The Morgan fingerprint density at radius 3 is 2.66 bits per heavy atom. The van der Waals surface area contributed by atoms with Crippen LogP contribution in [0.3, 0.4) is 0 Å². The lowest BCUT2D eigenvalue weighted by Gasteiger charge is -2.28. The number of hydrogen-bond donors (Lipinski definition) is 2. The first-order valence-corrected chi connectivity index (χ1v) is 10.6. The van der Waals surface area contributed by atoms with Crippen LogP contribution in [0.4, 0.5) is 0 Å². The van der Waals surface area contributed by atoms with E-state index in [1.54, 1.807) is 6.07 Å². The summed E-state index contributed by atoms with van der Waals surface area (Å²) in [6, 6.07) is 11.7. The van der Waals surface area contributed by atoms with Crippen LogP contribution >= 0.6 is 0 Å². The highest BCUT2D eigenvalue weighted by molar-refractivity contribution is 6.43. The fraction of sp³-hybridized carbons (Fsp3) is 0.360. The van der Waals surface area contributed by atoms with Crippen molar-refractivity contribution in [2.24, 2.45) is 0 Å². The maximum Gasteiger partial charge on any atom is 0.458 e. The van der Waals surface area contributed by atoms with E-state index in [1.165, 1.54) is 5.57 Å². The Balaban J connectivity index is 1.80. The van der Waals surface area contributed by atoms with Crippen LogP contribution in [0.1, 0.15) is 51.5 Å². The summed E-state index contributed by atoms with van der Waals surface area (Å²) in [5, 5.41) is 22.0. The van der Waals surface area contributed by atoms with E-state index in [0.29, 0.717) is 12.1 Å². The maximum atomic E-state index is 10.1. The molecular weight excluding hydrogens is 359 g/mol. The van der Waals surface area contributed by atoms with E-state index in [-0.39, 0.29) is 6.10 Å². The normalized spacial score (nSPS) is 17.5. The number of phenols is 1. The first kappa shape index (κ1) is 21.4. The molecule has 1 heterocycles. The Kier molecular flexibility index (Phi) is 7.35. The highest BCUT2D eigenvalue weighted by Gasteiger charge is 2.27. The fourth-order valence-electron chi connectivity index (χ4n) is 4.04. The largest absolute Gasteiger partial charge is 0.507 e. The first-order valence-electron chi connectivity index (χ1n) is 10.6. The molecule has 1 unspecified atom stereocenters. The first-order chi connectivity index (χ1) is 14.0. The zero-order valence-electron chi connectivity index (χ0n) is 17.5. The van der Waals surface area contributed by atoms with Crippen molar-refractivity contribution in [2.75, 3.05) is 0 Å². The molecule has 152 valence electrons. The molecule has 0 fully saturated rings. The molecule has 2 aromatic rings. The second kappa shape index (κ2) is 9.95. The van der Waals surface area contributed by atoms with Gasteiger partial charge < -0.3 is 14.8 Å². The van der Waals surface area contributed by atoms with Crippen molar-refractivity contribution in [3.8, 4) is 5.75 Å². The zero-order chi connectivity index (χ0) is 20.8. The topological polar surface area (TPSA) is 49.7 Å². The predicted molar refractivity (Wildman–Crippen MR) is 123 cm³/mol. The minimum absolute atomic E-state index is 0.107. The minimum Gasteiger partial charge on any atom is -0.507 e. The molecule has 0 amide bonds. The smallest absolute Gasteiger partial charge is 0.458 e. The molecule has 0 bridgehead atoms. The van der Waals surface area contributed by atoms with Gasteiger partial charge in [-0.25, -0.2) is 0 Å². The predicted octanol–water partition coefficient (Wildman–Crippen LogP) is 6.28. The van der Waals surface area contributed by atoms with Gasteiger partial charge in [-0.05, 0) is 53.8 Å². The summed E-state index contributed by atoms with van der Waals surface area (Å²) in [5.41, 5.74) is 4.72.